The van der Waals surface area contributed by atoms with Crippen molar-refractivity contribution in [2.24, 2.45) is 11.8 Å². The van der Waals surface area contributed by atoms with E-state index in [-0.39, 0.29) is 11.8 Å². The molecule has 1 aliphatic rings. The van der Waals surface area contributed by atoms with E-state index in [1.807, 2.05) is 0 Å². The quantitative estimate of drug-likeness (QED) is 0.614. The molecule has 1 rings (SSSR count). The number of hydrogen-bond acceptors (Lipinski definition) is 3. The number of aldehydes is 1. The van der Waals surface area contributed by atoms with Crippen LogP contribution in [0.3, 0.4) is 0 Å². The fourth-order valence-electron chi connectivity index (χ4n) is 1.44. The molecule has 3 nitrogen and oxygen atoms in total. The highest BCUT2D eigenvalue weighted by atomic mass is 32.2. The van der Waals surface area contributed by atoms with Gasteiger partial charge in [-0.1, -0.05) is 0 Å². The Kier molecular flexibility index (Phi) is 2.07. The van der Waals surface area contributed by atoms with Crippen LogP contribution in [0.15, 0.2) is 0 Å². The lowest BCUT2D eigenvalue weighted by Crippen LogP contribution is -2.34. The van der Waals surface area contributed by atoms with Gasteiger partial charge in [0.15, 0.2) is 9.84 Å². The van der Waals surface area contributed by atoms with Crippen molar-refractivity contribution in [2.45, 2.75) is 25.0 Å². The molecular weight excluding hydrogens is 176 g/mol. The summed E-state index contributed by atoms with van der Waals surface area (Å²) in [7, 11) is -3.04. The number of carbonyl (C=O) groups excluding carboxylic acids is 1. The topological polar surface area (TPSA) is 51.2 Å². The highest BCUT2D eigenvalue weighted by Crippen LogP contribution is 2.48. The van der Waals surface area contributed by atoms with Crippen molar-refractivity contribution >= 4 is 16.1 Å². The first-order valence-electron chi connectivity index (χ1n) is 3.95. The molecular formula is C8H14O3S. The van der Waals surface area contributed by atoms with Crippen LogP contribution in [-0.4, -0.2) is 25.7 Å². The van der Waals surface area contributed by atoms with Crippen molar-refractivity contribution in [1.82, 2.24) is 0 Å². The van der Waals surface area contributed by atoms with Crippen molar-refractivity contribution < 1.29 is 13.2 Å². The summed E-state index contributed by atoms with van der Waals surface area (Å²) in [5, 5.41) is 0. The molecule has 1 fully saturated rings. The average molecular weight is 190 g/mol. The first-order valence-corrected chi connectivity index (χ1v) is 5.84. The number of sulfone groups is 1. The predicted molar refractivity (Wildman–Crippen MR) is 46.6 cm³/mol. The van der Waals surface area contributed by atoms with Gasteiger partial charge in [0.05, 0.1) is 4.75 Å². The molecule has 0 radical (unpaired) electrons. The Hall–Kier alpha value is -0.380. The molecule has 0 saturated heterocycles. The van der Waals surface area contributed by atoms with Crippen molar-refractivity contribution in [1.29, 1.82) is 0 Å². The maximum Gasteiger partial charge on any atom is 0.152 e. The Morgan fingerprint density at radius 3 is 2.17 bits per heavy atom. The predicted octanol–water partition coefficient (Wildman–Crippen LogP) is 0.645. The summed E-state index contributed by atoms with van der Waals surface area (Å²) in [6.07, 6.45) is 2.81. The molecule has 0 N–H and O–H groups in total. The summed E-state index contributed by atoms with van der Waals surface area (Å²) < 4.78 is 21.8. The van der Waals surface area contributed by atoms with Gasteiger partial charge in [-0.25, -0.2) is 8.42 Å². The van der Waals surface area contributed by atoms with E-state index in [0.717, 1.165) is 12.7 Å². The summed E-state index contributed by atoms with van der Waals surface area (Å²) in [6, 6.07) is 0. The van der Waals surface area contributed by atoms with E-state index in [0.29, 0.717) is 0 Å². The van der Waals surface area contributed by atoms with Crippen LogP contribution in [-0.2, 0) is 14.6 Å². The third-order valence-electron chi connectivity index (χ3n) is 2.86. The van der Waals surface area contributed by atoms with Gasteiger partial charge in [0, 0.05) is 12.2 Å². The van der Waals surface area contributed by atoms with Crippen LogP contribution < -0.4 is 0 Å². The summed E-state index contributed by atoms with van der Waals surface area (Å²) in [4.78, 5) is 10.4. The first-order chi connectivity index (χ1) is 5.30. The molecule has 0 aromatic carbocycles. The molecule has 0 heterocycles. The van der Waals surface area contributed by atoms with Crippen LogP contribution >= 0.6 is 0 Å². The minimum Gasteiger partial charge on any atom is -0.303 e. The number of hydrogen-bond donors (Lipinski definition) is 0. The van der Waals surface area contributed by atoms with Gasteiger partial charge in [-0.2, -0.15) is 0 Å². The number of rotatable bonds is 3. The lowest BCUT2D eigenvalue weighted by molar-refractivity contribution is -0.109. The third-order valence-corrected chi connectivity index (χ3v) is 5.08. The Bertz CT molecular complexity index is 289. The maximum absolute atomic E-state index is 11.3. The van der Waals surface area contributed by atoms with Crippen LogP contribution in [0.5, 0.6) is 0 Å². The normalized spacial score (nSPS) is 29.9. The van der Waals surface area contributed by atoms with Crippen LogP contribution in [0.1, 0.15) is 20.3 Å². The largest absolute Gasteiger partial charge is 0.303 e. The molecule has 70 valence electrons. The van der Waals surface area contributed by atoms with Crippen LogP contribution in [0.4, 0.5) is 0 Å². The average Bonchev–Trinajstić information content (AvgIpc) is 2.62. The van der Waals surface area contributed by atoms with E-state index in [2.05, 4.69) is 0 Å². The second-order valence-electron chi connectivity index (χ2n) is 4.02. The van der Waals surface area contributed by atoms with E-state index in [4.69, 9.17) is 0 Å². The lowest BCUT2D eigenvalue weighted by atomic mass is 10.1. The molecule has 1 aliphatic carbocycles. The fourth-order valence-corrected chi connectivity index (χ4v) is 2.26. The molecule has 0 spiro atoms. The standard InChI is InChI=1S/C8H14O3S/c1-8(2,12(3,10)11)7-4-6(7)5-9/h5-7H,4H2,1-3H3/t6-,7+/m0/s1. The maximum atomic E-state index is 11.3. The zero-order valence-corrected chi connectivity index (χ0v) is 8.39. The van der Waals surface area contributed by atoms with Crippen LogP contribution in [0.2, 0.25) is 0 Å². The Morgan fingerprint density at radius 1 is 1.42 bits per heavy atom. The van der Waals surface area contributed by atoms with Gasteiger partial charge in [-0.15, -0.1) is 0 Å². The molecule has 0 aromatic rings. The van der Waals surface area contributed by atoms with E-state index in [1.54, 1.807) is 13.8 Å². The van der Waals surface area contributed by atoms with Gasteiger partial charge in [-0.05, 0) is 26.2 Å². The zero-order valence-electron chi connectivity index (χ0n) is 7.57. The van der Waals surface area contributed by atoms with Crippen molar-refractivity contribution in [3.63, 3.8) is 0 Å². The zero-order chi connectivity index (χ0) is 9.57. The highest BCUT2D eigenvalue weighted by molar-refractivity contribution is 7.92. The summed E-state index contributed by atoms with van der Waals surface area (Å²) in [6.45, 7) is 3.38. The van der Waals surface area contributed by atoms with Crippen LogP contribution in [0.25, 0.3) is 0 Å². The van der Waals surface area contributed by atoms with Gasteiger partial charge in [0.2, 0.25) is 0 Å². The Morgan fingerprint density at radius 2 is 1.92 bits per heavy atom. The second-order valence-corrected chi connectivity index (χ2v) is 6.61. The van der Waals surface area contributed by atoms with Gasteiger partial charge in [0.1, 0.15) is 6.29 Å². The molecule has 4 heteroatoms. The molecule has 0 unspecified atom stereocenters. The van der Waals surface area contributed by atoms with Crippen molar-refractivity contribution in [3.8, 4) is 0 Å². The molecule has 2 atom stereocenters. The molecule has 0 aliphatic heterocycles. The third kappa shape index (κ3) is 1.40. The molecule has 0 aromatic heterocycles. The summed E-state index contributed by atoms with van der Waals surface area (Å²) >= 11 is 0. The lowest BCUT2D eigenvalue weighted by Gasteiger charge is -2.21. The van der Waals surface area contributed by atoms with Crippen molar-refractivity contribution in [3.05, 3.63) is 0 Å². The van der Waals surface area contributed by atoms with E-state index in [9.17, 15) is 13.2 Å². The van der Waals surface area contributed by atoms with Crippen LogP contribution in [0, 0.1) is 11.8 Å². The monoisotopic (exact) mass is 190 g/mol. The SMILES string of the molecule is CC(C)([C@@H]1C[C@H]1C=O)S(C)(=O)=O. The minimum absolute atomic E-state index is 0.0324. The van der Waals surface area contributed by atoms with Gasteiger partial charge in [-0.3, -0.25) is 0 Å². The second kappa shape index (κ2) is 2.55. The van der Waals surface area contributed by atoms with Gasteiger partial charge >= 0.3 is 0 Å². The molecule has 0 bridgehead atoms. The van der Waals surface area contributed by atoms with Gasteiger partial charge in [0.25, 0.3) is 0 Å². The number of carbonyl (C=O) groups is 1. The van der Waals surface area contributed by atoms with E-state index < -0.39 is 14.6 Å². The Balaban J connectivity index is 2.82. The molecule has 12 heavy (non-hydrogen) atoms. The molecule has 0 amide bonds. The molecule has 1 saturated carbocycles. The summed E-state index contributed by atoms with van der Waals surface area (Å²) in [5.41, 5.74) is 0. The van der Waals surface area contributed by atoms with Gasteiger partial charge < -0.3 is 4.79 Å². The first kappa shape index (κ1) is 9.71. The smallest absolute Gasteiger partial charge is 0.152 e. The summed E-state index contributed by atoms with van der Waals surface area (Å²) in [5.74, 6) is -0.000255. The Labute approximate surface area is 73.1 Å². The fraction of sp³-hybridized carbons (Fsp3) is 0.875. The minimum atomic E-state index is -3.04. The van der Waals surface area contributed by atoms with E-state index >= 15 is 0 Å². The van der Waals surface area contributed by atoms with Crippen molar-refractivity contribution in [2.75, 3.05) is 6.26 Å². The highest BCUT2D eigenvalue weighted by Gasteiger charge is 2.52. The van der Waals surface area contributed by atoms with E-state index in [1.165, 1.54) is 6.26 Å².